The van der Waals surface area contributed by atoms with Crippen molar-refractivity contribution in [2.45, 2.75) is 0 Å². The van der Waals surface area contributed by atoms with Crippen molar-refractivity contribution in [1.82, 2.24) is 0 Å². The van der Waals surface area contributed by atoms with E-state index in [-0.39, 0.29) is 0 Å². The fraction of sp³-hybridized carbons (Fsp3) is 0.750. The van der Waals surface area contributed by atoms with Gasteiger partial charge in [-0.2, -0.15) is 0 Å². The third kappa shape index (κ3) is 13.4. The van der Waals surface area contributed by atoms with E-state index < -0.39 is 0 Å². The lowest BCUT2D eigenvalue weighted by Crippen LogP contribution is -2.01. The molecule has 0 atom stereocenters. The van der Waals surface area contributed by atoms with Crippen LogP contribution in [0.1, 0.15) is 0 Å². The first kappa shape index (κ1) is 18.1. The van der Waals surface area contributed by atoms with E-state index in [9.17, 15) is 0 Å². The van der Waals surface area contributed by atoms with Gasteiger partial charge in [-0.15, -0.1) is 0 Å². The van der Waals surface area contributed by atoms with Gasteiger partial charge in [0.05, 0.1) is 27.4 Å². The minimum Gasteiger partial charge on any atom is -0.481 e. The second-order valence-electron chi connectivity index (χ2n) is 2.33. The third-order valence-corrected chi connectivity index (χ3v) is 6.80. The van der Waals surface area contributed by atoms with E-state index in [1.54, 1.807) is 35.8 Å². The van der Waals surface area contributed by atoms with Crippen LogP contribution in [0.5, 0.6) is 0 Å². The second-order valence-corrected chi connectivity index (χ2v) is 8.37. The summed E-state index contributed by atoms with van der Waals surface area (Å²) in [5, 5.41) is 0. The van der Waals surface area contributed by atoms with Crippen molar-refractivity contribution >= 4 is 76.4 Å². The van der Waals surface area contributed by atoms with Gasteiger partial charge in [0, 0.05) is 11.5 Å². The minimum atomic E-state index is 0.551. The van der Waals surface area contributed by atoms with Crippen molar-refractivity contribution in [3.63, 3.8) is 0 Å². The number of thiocarbonyl (C=S) groups is 2. The van der Waals surface area contributed by atoms with Crippen LogP contribution in [0.4, 0.5) is 0 Å². The van der Waals surface area contributed by atoms with Crippen molar-refractivity contribution < 1.29 is 14.2 Å². The predicted molar refractivity (Wildman–Crippen MR) is 90.1 cm³/mol. The molecule has 9 heteroatoms. The highest BCUT2D eigenvalue weighted by atomic mass is 33.1. The monoisotopic (exact) mass is 350 g/mol. The van der Waals surface area contributed by atoms with E-state index in [4.69, 9.17) is 38.6 Å². The third-order valence-electron chi connectivity index (χ3n) is 1.21. The van der Waals surface area contributed by atoms with E-state index in [1.807, 2.05) is 0 Å². The number of ether oxygens (including phenoxy) is 3. The average Bonchev–Trinajstić information content (AvgIpc) is 2.35. The Bertz CT molecular complexity index is 203. The molecule has 100 valence electrons. The smallest absolute Gasteiger partial charge is 0.230 e. The molecule has 0 radical (unpaired) electrons. The highest BCUT2D eigenvalue weighted by molar-refractivity contribution is 8.83. The quantitative estimate of drug-likeness (QED) is 0.369. The molecule has 0 saturated heterocycles. The summed E-state index contributed by atoms with van der Waals surface area (Å²) >= 11 is 9.75. The van der Waals surface area contributed by atoms with E-state index in [1.165, 1.54) is 21.6 Å². The molecule has 0 aromatic carbocycles. The van der Waals surface area contributed by atoms with E-state index >= 15 is 0 Å². The van der Waals surface area contributed by atoms with E-state index in [0.717, 1.165) is 11.5 Å². The summed E-state index contributed by atoms with van der Waals surface area (Å²) in [6.45, 7) is 1.42. The first-order valence-corrected chi connectivity index (χ1v) is 9.98. The van der Waals surface area contributed by atoms with Crippen LogP contribution in [-0.4, -0.2) is 47.7 Å². The Morgan fingerprint density at radius 1 is 0.882 bits per heavy atom. The lowest BCUT2D eigenvalue weighted by molar-refractivity contribution is 0.167. The van der Waals surface area contributed by atoms with E-state index in [2.05, 4.69) is 0 Å². The Kier molecular flexibility index (Phi) is 14.5. The van der Waals surface area contributed by atoms with Crippen LogP contribution in [0.15, 0.2) is 0 Å². The standard InChI is InChI=1S/C8H14O3S6/c1-9-7(12)16-14-5-3-11-4-6-15-17-8(13)10-2/h3-6H2,1-2H3. The number of hydrogen-bond acceptors (Lipinski definition) is 9. The average molecular weight is 351 g/mol. The Balaban J connectivity index is 3.08. The zero-order chi connectivity index (χ0) is 12.9. The molecule has 0 bridgehead atoms. The van der Waals surface area contributed by atoms with Gasteiger partial charge in [0.25, 0.3) is 0 Å². The Labute approximate surface area is 129 Å². The summed E-state index contributed by atoms with van der Waals surface area (Å²) in [6.07, 6.45) is 0. The molecular weight excluding hydrogens is 336 g/mol. The summed E-state index contributed by atoms with van der Waals surface area (Å²) in [7, 11) is 9.32. The molecule has 0 amide bonds. The van der Waals surface area contributed by atoms with Crippen LogP contribution < -0.4 is 0 Å². The maximum absolute atomic E-state index is 5.43. The fourth-order valence-electron chi connectivity index (χ4n) is 0.536. The van der Waals surface area contributed by atoms with E-state index in [0.29, 0.717) is 22.0 Å². The largest absolute Gasteiger partial charge is 0.481 e. The van der Waals surface area contributed by atoms with Gasteiger partial charge in [-0.25, -0.2) is 0 Å². The minimum absolute atomic E-state index is 0.551. The van der Waals surface area contributed by atoms with Gasteiger partial charge in [0.2, 0.25) is 8.77 Å². The maximum atomic E-state index is 5.43. The summed E-state index contributed by atoms with van der Waals surface area (Å²) < 4.78 is 16.2. The van der Waals surface area contributed by atoms with Crippen molar-refractivity contribution in [1.29, 1.82) is 0 Å². The molecular formula is C8H14O3S6. The van der Waals surface area contributed by atoms with Crippen molar-refractivity contribution in [2.24, 2.45) is 0 Å². The molecule has 0 saturated carbocycles. The zero-order valence-corrected chi connectivity index (χ0v) is 14.4. The Hall–Kier alpha value is 1.14. The van der Waals surface area contributed by atoms with Crippen LogP contribution in [0, 0.1) is 0 Å². The molecule has 3 nitrogen and oxygen atoms in total. The van der Waals surface area contributed by atoms with Crippen LogP contribution >= 0.6 is 67.6 Å². The molecule has 0 aliphatic heterocycles. The molecule has 0 unspecified atom stereocenters. The number of hydrogen-bond donors (Lipinski definition) is 0. The van der Waals surface area contributed by atoms with Gasteiger partial charge in [-0.05, 0) is 46.0 Å². The molecule has 0 fully saturated rings. The normalized spacial score (nSPS) is 10.0. The molecule has 0 spiro atoms. The van der Waals surface area contributed by atoms with Gasteiger partial charge >= 0.3 is 0 Å². The van der Waals surface area contributed by atoms with Crippen LogP contribution in [0.3, 0.4) is 0 Å². The SMILES string of the molecule is COC(=S)SSCCOCCSSC(=S)OC. The van der Waals surface area contributed by atoms with Gasteiger partial charge in [-0.3, -0.25) is 0 Å². The molecule has 0 aliphatic carbocycles. The van der Waals surface area contributed by atoms with Crippen molar-refractivity contribution in [3.05, 3.63) is 0 Å². The highest BCUT2D eigenvalue weighted by Crippen LogP contribution is 2.24. The lowest BCUT2D eigenvalue weighted by atomic mass is 10.8. The van der Waals surface area contributed by atoms with Crippen LogP contribution in [0.25, 0.3) is 0 Å². The van der Waals surface area contributed by atoms with Gasteiger partial charge < -0.3 is 14.2 Å². The zero-order valence-electron chi connectivity index (χ0n) is 9.50. The number of rotatable bonds is 8. The van der Waals surface area contributed by atoms with Crippen LogP contribution in [0.2, 0.25) is 0 Å². The topological polar surface area (TPSA) is 27.7 Å². The summed E-state index contributed by atoms with van der Waals surface area (Å²) in [6, 6.07) is 0. The maximum Gasteiger partial charge on any atom is 0.230 e. The molecule has 0 heterocycles. The first-order valence-electron chi connectivity index (χ1n) is 4.53. The van der Waals surface area contributed by atoms with Gasteiger partial charge in [0.15, 0.2) is 0 Å². The van der Waals surface area contributed by atoms with Crippen molar-refractivity contribution in [2.75, 3.05) is 38.9 Å². The molecule has 0 aromatic heterocycles. The highest BCUT2D eigenvalue weighted by Gasteiger charge is 1.98. The molecule has 0 rings (SSSR count). The van der Waals surface area contributed by atoms with Gasteiger partial charge in [-0.1, -0.05) is 21.6 Å². The molecule has 0 N–H and O–H groups in total. The summed E-state index contributed by atoms with van der Waals surface area (Å²) in [4.78, 5) is 0. The second kappa shape index (κ2) is 13.6. The molecule has 17 heavy (non-hydrogen) atoms. The van der Waals surface area contributed by atoms with Gasteiger partial charge in [0.1, 0.15) is 0 Å². The first-order chi connectivity index (χ1) is 8.20. The number of methoxy groups -OCH3 is 2. The van der Waals surface area contributed by atoms with Crippen LogP contribution in [-0.2, 0) is 14.2 Å². The molecule has 0 aliphatic rings. The lowest BCUT2D eigenvalue weighted by Gasteiger charge is -2.04. The predicted octanol–water partition coefficient (Wildman–Crippen LogP) is 3.63. The Morgan fingerprint density at radius 3 is 1.65 bits per heavy atom. The Morgan fingerprint density at radius 2 is 1.29 bits per heavy atom. The summed E-state index contributed by atoms with van der Waals surface area (Å²) in [5.41, 5.74) is 0. The van der Waals surface area contributed by atoms with Crippen molar-refractivity contribution in [3.8, 4) is 0 Å². The fourth-order valence-corrected chi connectivity index (χ4v) is 4.16. The summed E-state index contributed by atoms with van der Waals surface area (Å²) in [5.74, 6) is 1.78. The molecule has 0 aromatic rings.